The third-order valence-electron chi connectivity index (χ3n) is 5.03. The maximum Gasteiger partial charge on any atom is 0.407 e. The van der Waals surface area contributed by atoms with E-state index in [1.165, 1.54) is 51.4 Å². The van der Waals surface area contributed by atoms with E-state index in [-0.39, 0.29) is 11.6 Å². The molecule has 0 spiro atoms. The second kappa shape index (κ2) is 13.7. The van der Waals surface area contributed by atoms with E-state index in [2.05, 4.69) is 26.1 Å². The maximum atomic E-state index is 12.3. The zero-order chi connectivity index (χ0) is 19.1. The monoisotopic (exact) mass is 361 g/mol. The number of amides is 1. The molecule has 1 rings (SSSR count). The highest BCUT2D eigenvalue weighted by Crippen LogP contribution is 2.23. The molecule has 0 heterocycles. The van der Waals surface area contributed by atoms with Crippen LogP contribution in [-0.4, -0.2) is 11.6 Å². The Bertz CT molecular complexity index is 474. The summed E-state index contributed by atoms with van der Waals surface area (Å²) in [5.74, 6) is 0. The minimum absolute atomic E-state index is 0.159. The standard InChI is InChI=1S/C23H39NO2/c1-4-6-8-10-15-19-23(3,18-14-9-7-5-2)24-22(25)26-20-21-16-12-11-13-17-21/h11-13,16-17H,4-10,14-15,18-20H2,1-3H3,(H,24,25). The van der Waals surface area contributed by atoms with E-state index < -0.39 is 0 Å². The molecule has 1 N–H and O–H groups in total. The fraction of sp³-hybridized carbons (Fsp3) is 0.696. The van der Waals surface area contributed by atoms with E-state index in [1.54, 1.807) is 0 Å². The highest BCUT2D eigenvalue weighted by molar-refractivity contribution is 5.68. The average Bonchev–Trinajstić information content (AvgIpc) is 2.64. The van der Waals surface area contributed by atoms with Gasteiger partial charge >= 0.3 is 6.09 Å². The number of unbranched alkanes of at least 4 members (excludes halogenated alkanes) is 7. The van der Waals surface area contributed by atoms with E-state index in [9.17, 15) is 4.79 Å². The molecule has 1 aromatic rings. The Labute approximate surface area is 160 Å². The van der Waals surface area contributed by atoms with Gasteiger partial charge in [0.15, 0.2) is 0 Å². The summed E-state index contributed by atoms with van der Waals surface area (Å²) < 4.78 is 5.45. The largest absolute Gasteiger partial charge is 0.445 e. The van der Waals surface area contributed by atoms with Crippen molar-refractivity contribution in [2.75, 3.05) is 0 Å². The van der Waals surface area contributed by atoms with Gasteiger partial charge < -0.3 is 10.1 Å². The fourth-order valence-electron chi connectivity index (χ4n) is 3.32. The fourth-order valence-corrected chi connectivity index (χ4v) is 3.32. The molecule has 0 aliphatic heterocycles. The SMILES string of the molecule is CCCCCCCC(C)(CCCCCC)NC(=O)OCc1ccccc1. The molecule has 3 heteroatoms. The van der Waals surface area contributed by atoms with Crippen LogP contribution in [0.25, 0.3) is 0 Å². The van der Waals surface area contributed by atoms with Gasteiger partial charge in [-0.2, -0.15) is 0 Å². The lowest BCUT2D eigenvalue weighted by atomic mass is 9.88. The molecule has 0 radical (unpaired) electrons. The summed E-state index contributed by atoms with van der Waals surface area (Å²) in [5.41, 5.74) is 0.861. The number of ether oxygens (including phenoxy) is 1. The number of benzene rings is 1. The van der Waals surface area contributed by atoms with Crippen LogP contribution in [0, 0.1) is 0 Å². The van der Waals surface area contributed by atoms with E-state index in [0.717, 1.165) is 24.8 Å². The Morgan fingerprint density at radius 2 is 1.42 bits per heavy atom. The summed E-state index contributed by atoms with van der Waals surface area (Å²) in [4.78, 5) is 12.3. The Kier molecular flexibility index (Phi) is 11.8. The first-order valence-corrected chi connectivity index (χ1v) is 10.6. The van der Waals surface area contributed by atoms with Crippen molar-refractivity contribution in [3.8, 4) is 0 Å². The molecule has 26 heavy (non-hydrogen) atoms. The quantitative estimate of drug-likeness (QED) is 0.362. The first-order valence-electron chi connectivity index (χ1n) is 10.6. The number of carbonyl (C=O) groups excluding carboxylic acids is 1. The van der Waals surface area contributed by atoms with Crippen molar-refractivity contribution in [3.05, 3.63) is 35.9 Å². The zero-order valence-corrected chi connectivity index (χ0v) is 17.2. The van der Waals surface area contributed by atoms with E-state index in [1.807, 2.05) is 30.3 Å². The van der Waals surface area contributed by atoms with Crippen LogP contribution in [0.5, 0.6) is 0 Å². The molecule has 148 valence electrons. The van der Waals surface area contributed by atoms with Crippen LogP contribution in [0.2, 0.25) is 0 Å². The molecule has 0 saturated heterocycles. The second-order valence-corrected chi connectivity index (χ2v) is 7.72. The molecule has 1 unspecified atom stereocenters. The van der Waals surface area contributed by atoms with Crippen LogP contribution >= 0.6 is 0 Å². The lowest BCUT2D eigenvalue weighted by Gasteiger charge is -2.31. The Morgan fingerprint density at radius 1 is 0.885 bits per heavy atom. The third kappa shape index (κ3) is 10.5. The molecular formula is C23H39NO2. The van der Waals surface area contributed by atoms with Gasteiger partial charge in [-0.25, -0.2) is 4.79 Å². The zero-order valence-electron chi connectivity index (χ0n) is 17.2. The molecule has 0 aliphatic rings. The molecule has 0 aliphatic carbocycles. The Morgan fingerprint density at radius 3 is 2.00 bits per heavy atom. The lowest BCUT2D eigenvalue weighted by molar-refractivity contribution is 0.124. The highest BCUT2D eigenvalue weighted by Gasteiger charge is 2.26. The van der Waals surface area contributed by atoms with Gasteiger partial charge in [-0.05, 0) is 25.3 Å². The average molecular weight is 362 g/mol. The van der Waals surface area contributed by atoms with Crippen molar-refractivity contribution in [1.29, 1.82) is 0 Å². The predicted octanol–water partition coefficient (Wildman–Crippen LogP) is 7.00. The molecule has 3 nitrogen and oxygen atoms in total. The van der Waals surface area contributed by atoms with E-state index >= 15 is 0 Å². The van der Waals surface area contributed by atoms with Gasteiger partial charge in [-0.15, -0.1) is 0 Å². The first-order chi connectivity index (χ1) is 12.6. The van der Waals surface area contributed by atoms with Crippen LogP contribution in [0.1, 0.15) is 97.0 Å². The van der Waals surface area contributed by atoms with Crippen molar-refractivity contribution >= 4 is 6.09 Å². The van der Waals surface area contributed by atoms with E-state index in [4.69, 9.17) is 4.74 Å². The maximum absolute atomic E-state index is 12.3. The van der Waals surface area contributed by atoms with Gasteiger partial charge in [-0.1, -0.05) is 102 Å². The molecular weight excluding hydrogens is 322 g/mol. The van der Waals surface area contributed by atoms with Crippen molar-refractivity contribution in [1.82, 2.24) is 5.32 Å². The normalized spacial score (nSPS) is 13.2. The van der Waals surface area contributed by atoms with Crippen LogP contribution in [-0.2, 0) is 11.3 Å². The molecule has 1 atom stereocenters. The number of carbonyl (C=O) groups is 1. The van der Waals surface area contributed by atoms with Gasteiger partial charge in [-0.3, -0.25) is 0 Å². The second-order valence-electron chi connectivity index (χ2n) is 7.72. The van der Waals surface area contributed by atoms with Crippen LogP contribution in [0.4, 0.5) is 4.79 Å². The smallest absolute Gasteiger partial charge is 0.407 e. The summed E-state index contributed by atoms with van der Waals surface area (Å²) in [7, 11) is 0. The Balaban J connectivity index is 2.45. The number of hydrogen-bond acceptors (Lipinski definition) is 2. The minimum Gasteiger partial charge on any atom is -0.445 e. The molecule has 0 fully saturated rings. The third-order valence-corrected chi connectivity index (χ3v) is 5.03. The predicted molar refractivity (Wildman–Crippen MR) is 110 cm³/mol. The van der Waals surface area contributed by atoms with Gasteiger partial charge in [0, 0.05) is 5.54 Å². The summed E-state index contributed by atoms with van der Waals surface area (Å²) in [6.07, 6.45) is 13.0. The molecule has 1 aromatic carbocycles. The summed E-state index contributed by atoms with van der Waals surface area (Å²) in [6.45, 7) is 6.98. The summed E-state index contributed by atoms with van der Waals surface area (Å²) >= 11 is 0. The topological polar surface area (TPSA) is 38.3 Å². The highest BCUT2D eigenvalue weighted by atomic mass is 16.5. The first kappa shape index (κ1) is 22.5. The molecule has 0 saturated carbocycles. The van der Waals surface area contributed by atoms with Crippen LogP contribution in [0.3, 0.4) is 0 Å². The van der Waals surface area contributed by atoms with Gasteiger partial charge in [0.05, 0.1) is 0 Å². The summed E-state index contributed by atoms with van der Waals surface area (Å²) in [6, 6.07) is 9.85. The van der Waals surface area contributed by atoms with E-state index in [0.29, 0.717) is 6.61 Å². The van der Waals surface area contributed by atoms with Crippen molar-refractivity contribution in [3.63, 3.8) is 0 Å². The number of alkyl carbamates (subject to hydrolysis) is 1. The van der Waals surface area contributed by atoms with Crippen LogP contribution in [0.15, 0.2) is 30.3 Å². The van der Waals surface area contributed by atoms with Crippen molar-refractivity contribution in [2.45, 2.75) is 104 Å². The lowest BCUT2D eigenvalue weighted by Crippen LogP contribution is -2.46. The van der Waals surface area contributed by atoms with Crippen LogP contribution < -0.4 is 5.32 Å². The minimum atomic E-state index is -0.291. The summed E-state index contributed by atoms with van der Waals surface area (Å²) in [5, 5.41) is 3.17. The Hall–Kier alpha value is -1.51. The van der Waals surface area contributed by atoms with Gasteiger partial charge in [0.2, 0.25) is 0 Å². The number of hydrogen-bond donors (Lipinski definition) is 1. The van der Waals surface area contributed by atoms with Gasteiger partial charge in [0.1, 0.15) is 6.61 Å². The van der Waals surface area contributed by atoms with Gasteiger partial charge in [0.25, 0.3) is 0 Å². The number of nitrogens with one attached hydrogen (secondary N) is 1. The van der Waals surface area contributed by atoms with Crippen molar-refractivity contribution in [2.24, 2.45) is 0 Å². The van der Waals surface area contributed by atoms with Crippen molar-refractivity contribution < 1.29 is 9.53 Å². The number of rotatable bonds is 14. The molecule has 0 aromatic heterocycles. The molecule has 0 bridgehead atoms. The molecule has 1 amide bonds.